The van der Waals surface area contributed by atoms with Crippen molar-refractivity contribution in [3.05, 3.63) is 100 Å². The van der Waals surface area contributed by atoms with Crippen molar-refractivity contribution in [2.45, 2.75) is 26.3 Å². The first-order chi connectivity index (χ1) is 16.3. The van der Waals surface area contributed by atoms with Crippen molar-refractivity contribution in [1.82, 2.24) is 0 Å². The third-order valence-corrected chi connectivity index (χ3v) is 5.95. The standard InChI is InChI=1S/C27H23ClN2O4/c1-3-17-7-9-18(10-8-17)24-23(25(32)19-5-4-6-20(28)15-19)26(33)27(34)30(24)22-13-11-21(12-14-22)29-16(2)31/h4-15,24,32H,3H2,1-2H3,(H,29,31)/b25-23-. The number of halogens is 1. The molecule has 4 rings (SSSR count). The largest absolute Gasteiger partial charge is 0.507 e. The predicted molar refractivity (Wildman–Crippen MR) is 133 cm³/mol. The summed E-state index contributed by atoms with van der Waals surface area (Å²) in [4.78, 5) is 39.2. The van der Waals surface area contributed by atoms with Crippen molar-refractivity contribution in [2.75, 3.05) is 10.2 Å². The fourth-order valence-corrected chi connectivity index (χ4v) is 4.24. The number of carbonyl (C=O) groups is 3. The number of carbonyl (C=O) groups excluding carboxylic acids is 3. The molecule has 34 heavy (non-hydrogen) atoms. The van der Waals surface area contributed by atoms with Gasteiger partial charge in [0.25, 0.3) is 11.7 Å². The molecule has 1 fully saturated rings. The van der Waals surface area contributed by atoms with Gasteiger partial charge >= 0.3 is 0 Å². The minimum Gasteiger partial charge on any atom is -0.507 e. The van der Waals surface area contributed by atoms with Crippen molar-refractivity contribution >= 4 is 46.3 Å². The molecule has 1 aliphatic rings. The Morgan fingerprint density at radius 1 is 1.03 bits per heavy atom. The highest BCUT2D eigenvalue weighted by Gasteiger charge is 2.46. The number of aryl methyl sites for hydroxylation is 1. The molecule has 1 heterocycles. The lowest BCUT2D eigenvalue weighted by Crippen LogP contribution is -2.29. The van der Waals surface area contributed by atoms with Crippen LogP contribution in [-0.2, 0) is 20.8 Å². The van der Waals surface area contributed by atoms with Crippen LogP contribution < -0.4 is 10.2 Å². The third-order valence-electron chi connectivity index (χ3n) is 5.71. The molecule has 1 aliphatic heterocycles. The second-order valence-corrected chi connectivity index (χ2v) is 8.44. The van der Waals surface area contributed by atoms with E-state index in [1.807, 2.05) is 31.2 Å². The second-order valence-electron chi connectivity index (χ2n) is 8.00. The number of hydrogen-bond donors (Lipinski definition) is 2. The van der Waals surface area contributed by atoms with Crippen molar-refractivity contribution in [2.24, 2.45) is 0 Å². The summed E-state index contributed by atoms with van der Waals surface area (Å²) in [7, 11) is 0. The van der Waals surface area contributed by atoms with Crippen molar-refractivity contribution < 1.29 is 19.5 Å². The van der Waals surface area contributed by atoms with Crippen LogP contribution in [0.5, 0.6) is 0 Å². The Labute approximate surface area is 202 Å². The number of nitrogens with one attached hydrogen (secondary N) is 1. The van der Waals surface area contributed by atoms with E-state index >= 15 is 0 Å². The molecule has 0 aliphatic carbocycles. The lowest BCUT2D eigenvalue weighted by Gasteiger charge is -2.26. The molecule has 1 saturated heterocycles. The quantitative estimate of drug-likeness (QED) is 0.291. The van der Waals surface area contributed by atoms with Gasteiger partial charge in [-0.3, -0.25) is 19.3 Å². The molecule has 0 saturated carbocycles. The molecule has 3 aromatic rings. The fraction of sp³-hybridized carbons (Fsp3) is 0.148. The molecule has 1 atom stereocenters. The topological polar surface area (TPSA) is 86.7 Å². The maximum Gasteiger partial charge on any atom is 0.300 e. The summed E-state index contributed by atoms with van der Waals surface area (Å²) in [6.07, 6.45) is 0.841. The zero-order chi connectivity index (χ0) is 24.4. The van der Waals surface area contributed by atoms with Crippen LogP contribution in [0.2, 0.25) is 5.02 Å². The molecule has 0 spiro atoms. The van der Waals surface area contributed by atoms with Crippen molar-refractivity contribution in [1.29, 1.82) is 0 Å². The maximum atomic E-state index is 13.2. The van der Waals surface area contributed by atoms with E-state index in [2.05, 4.69) is 5.32 Å². The third kappa shape index (κ3) is 4.45. The van der Waals surface area contributed by atoms with Gasteiger partial charge in [-0.15, -0.1) is 0 Å². The zero-order valence-electron chi connectivity index (χ0n) is 18.7. The Kier molecular flexibility index (Phi) is 6.52. The van der Waals surface area contributed by atoms with Crippen LogP contribution in [0.3, 0.4) is 0 Å². The molecular weight excluding hydrogens is 452 g/mol. The Morgan fingerprint density at radius 2 is 1.71 bits per heavy atom. The summed E-state index contributed by atoms with van der Waals surface area (Å²) in [5.41, 5.74) is 3.16. The monoisotopic (exact) mass is 474 g/mol. The summed E-state index contributed by atoms with van der Waals surface area (Å²) < 4.78 is 0. The van der Waals surface area contributed by atoms with Crippen LogP contribution in [0.1, 0.15) is 36.6 Å². The van der Waals surface area contributed by atoms with E-state index in [0.29, 0.717) is 27.5 Å². The van der Waals surface area contributed by atoms with Gasteiger partial charge in [-0.25, -0.2) is 0 Å². The molecule has 0 bridgehead atoms. The number of nitrogens with zero attached hydrogens (tertiary/aromatic N) is 1. The van der Waals surface area contributed by atoms with Gasteiger partial charge in [0.1, 0.15) is 5.76 Å². The molecule has 7 heteroatoms. The van der Waals surface area contributed by atoms with E-state index in [-0.39, 0.29) is 17.2 Å². The van der Waals surface area contributed by atoms with Gasteiger partial charge in [-0.2, -0.15) is 0 Å². The number of rotatable bonds is 5. The molecule has 0 aromatic heterocycles. The molecular formula is C27H23ClN2O4. The SMILES string of the molecule is CCc1ccc(C2/C(=C(/O)c3cccc(Cl)c3)C(=O)C(=O)N2c2ccc(NC(C)=O)cc2)cc1. The number of aliphatic hydroxyl groups excluding tert-OH is 1. The van der Waals surface area contributed by atoms with E-state index < -0.39 is 17.7 Å². The summed E-state index contributed by atoms with van der Waals surface area (Å²) >= 11 is 6.10. The second kappa shape index (κ2) is 9.53. The smallest absolute Gasteiger partial charge is 0.300 e. The fourth-order valence-electron chi connectivity index (χ4n) is 4.05. The van der Waals surface area contributed by atoms with Gasteiger partial charge in [0.05, 0.1) is 11.6 Å². The molecule has 2 amide bonds. The number of Topliss-reactive ketones (excluding diaryl/α,β-unsaturated/α-hetero) is 1. The van der Waals surface area contributed by atoms with E-state index in [1.165, 1.54) is 11.8 Å². The van der Waals surface area contributed by atoms with Crippen LogP contribution in [0.15, 0.2) is 78.4 Å². The van der Waals surface area contributed by atoms with Gasteiger partial charge in [0.15, 0.2) is 0 Å². The van der Waals surface area contributed by atoms with Crippen molar-refractivity contribution in [3.63, 3.8) is 0 Å². The normalized spacial score (nSPS) is 17.1. The van der Waals surface area contributed by atoms with E-state index in [4.69, 9.17) is 11.6 Å². The highest BCUT2D eigenvalue weighted by molar-refractivity contribution is 6.51. The van der Waals surface area contributed by atoms with Gasteiger partial charge in [0, 0.05) is 28.9 Å². The lowest BCUT2D eigenvalue weighted by atomic mass is 9.94. The Bertz CT molecular complexity index is 1300. The van der Waals surface area contributed by atoms with E-state index in [9.17, 15) is 19.5 Å². The lowest BCUT2D eigenvalue weighted by molar-refractivity contribution is -0.132. The van der Waals surface area contributed by atoms with Crippen LogP contribution >= 0.6 is 11.6 Å². The molecule has 2 N–H and O–H groups in total. The molecule has 0 radical (unpaired) electrons. The highest BCUT2D eigenvalue weighted by Crippen LogP contribution is 2.42. The summed E-state index contributed by atoms with van der Waals surface area (Å²) in [5, 5.41) is 14.2. The number of benzene rings is 3. The van der Waals surface area contributed by atoms with E-state index in [0.717, 1.165) is 12.0 Å². The first-order valence-corrected chi connectivity index (χ1v) is 11.2. The number of aliphatic hydroxyl groups is 1. The number of amides is 2. The van der Waals surface area contributed by atoms with Crippen LogP contribution in [0.25, 0.3) is 5.76 Å². The molecule has 172 valence electrons. The summed E-state index contributed by atoms with van der Waals surface area (Å²) in [6.45, 7) is 3.44. The van der Waals surface area contributed by atoms with E-state index in [1.54, 1.807) is 48.5 Å². The van der Waals surface area contributed by atoms with Gasteiger partial charge in [-0.1, -0.05) is 54.9 Å². The highest BCUT2D eigenvalue weighted by atomic mass is 35.5. The average Bonchev–Trinajstić information content (AvgIpc) is 3.09. The van der Waals surface area contributed by atoms with Crippen LogP contribution in [-0.4, -0.2) is 22.7 Å². The first-order valence-electron chi connectivity index (χ1n) is 10.8. The van der Waals surface area contributed by atoms with Crippen LogP contribution in [0.4, 0.5) is 11.4 Å². The number of anilines is 2. The number of hydrogen-bond acceptors (Lipinski definition) is 4. The first kappa shape index (κ1) is 23.3. The zero-order valence-corrected chi connectivity index (χ0v) is 19.5. The number of ketones is 1. The minimum absolute atomic E-state index is 0.0116. The summed E-state index contributed by atoms with van der Waals surface area (Å²) in [6, 6.07) is 19.9. The maximum absolute atomic E-state index is 13.2. The van der Waals surface area contributed by atoms with Crippen molar-refractivity contribution in [3.8, 4) is 0 Å². The van der Waals surface area contributed by atoms with Crippen LogP contribution in [0, 0.1) is 0 Å². The Morgan fingerprint density at radius 3 is 2.29 bits per heavy atom. The Balaban J connectivity index is 1.87. The predicted octanol–water partition coefficient (Wildman–Crippen LogP) is 5.49. The molecule has 1 unspecified atom stereocenters. The van der Waals surface area contributed by atoms with Gasteiger partial charge < -0.3 is 10.4 Å². The van der Waals surface area contributed by atoms with Gasteiger partial charge in [-0.05, 0) is 53.9 Å². The Hall–Kier alpha value is -3.90. The minimum atomic E-state index is -0.837. The molecule has 6 nitrogen and oxygen atoms in total. The average molecular weight is 475 g/mol. The summed E-state index contributed by atoms with van der Waals surface area (Å²) in [5.74, 6) is -2.04. The van der Waals surface area contributed by atoms with Gasteiger partial charge in [0.2, 0.25) is 5.91 Å². The molecule has 3 aromatic carbocycles.